The maximum Gasteiger partial charge on any atom is 0.242 e. The van der Waals surface area contributed by atoms with Gasteiger partial charge in [0, 0.05) is 13.1 Å². The van der Waals surface area contributed by atoms with Crippen LogP contribution in [0.2, 0.25) is 0 Å². The normalized spacial score (nSPS) is 22.9. The lowest BCUT2D eigenvalue weighted by molar-refractivity contribution is -0.118. The molecule has 0 aromatic carbocycles. The number of rotatable bonds is 3. The van der Waals surface area contributed by atoms with Gasteiger partial charge in [0.2, 0.25) is 5.91 Å². The van der Waals surface area contributed by atoms with Crippen LogP contribution >= 0.6 is 0 Å². The predicted octanol–water partition coefficient (Wildman–Crippen LogP) is 0.999. The van der Waals surface area contributed by atoms with Gasteiger partial charge in [-0.15, -0.1) is 0 Å². The fourth-order valence-corrected chi connectivity index (χ4v) is 2.76. The molecule has 2 fully saturated rings. The van der Waals surface area contributed by atoms with Crippen LogP contribution in [-0.2, 0) is 9.53 Å². The van der Waals surface area contributed by atoms with Gasteiger partial charge >= 0.3 is 0 Å². The second-order valence-electron chi connectivity index (χ2n) is 5.49. The van der Waals surface area contributed by atoms with Crippen molar-refractivity contribution < 1.29 is 9.53 Å². The van der Waals surface area contributed by atoms with Crippen molar-refractivity contribution in [3.8, 4) is 0 Å². The molecule has 0 aliphatic carbocycles. The zero-order chi connectivity index (χ0) is 14.5. The van der Waals surface area contributed by atoms with Crippen LogP contribution in [0.15, 0.2) is 18.3 Å². The molecule has 1 atom stereocenters. The van der Waals surface area contributed by atoms with Crippen LogP contribution in [0.25, 0.3) is 0 Å². The third-order valence-corrected chi connectivity index (χ3v) is 4.00. The number of anilines is 2. The zero-order valence-corrected chi connectivity index (χ0v) is 12.2. The van der Waals surface area contributed by atoms with Crippen LogP contribution in [0.4, 0.5) is 11.5 Å². The summed E-state index contributed by atoms with van der Waals surface area (Å²) in [6.45, 7) is 4.21. The zero-order valence-electron chi connectivity index (χ0n) is 12.2. The average Bonchev–Trinajstić information content (AvgIpc) is 2.57. The van der Waals surface area contributed by atoms with Gasteiger partial charge in [-0.2, -0.15) is 0 Å². The minimum Gasteiger partial charge on any atom is -0.378 e. The van der Waals surface area contributed by atoms with Gasteiger partial charge in [-0.1, -0.05) is 6.42 Å². The smallest absolute Gasteiger partial charge is 0.242 e. The SMILES string of the molecule is O=C(Nc1ccc(N2CCOCC2)cn1)C1CCCCN1. The molecule has 1 amide bonds. The second kappa shape index (κ2) is 6.87. The summed E-state index contributed by atoms with van der Waals surface area (Å²) in [7, 11) is 0. The number of nitrogens with one attached hydrogen (secondary N) is 2. The molecule has 6 nitrogen and oxygen atoms in total. The quantitative estimate of drug-likeness (QED) is 0.869. The standard InChI is InChI=1S/C15H22N4O2/c20-15(13-3-1-2-6-16-13)18-14-5-4-12(11-17-14)19-7-9-21-10-8-19/h4-5,11,13,16H,1-3,6-10H2,(H,17,18,20). The molecular formula is C15H22N4O2. The van der Waals surface area contributed by atoms with E-state index in [0.717, 1.165) is 57.8 Å². The molecule has 1 unspecified atom stereocenters. The topological polar surface area (TPSA) is 66.5 Å². The summed E-state index contributed by atoms with van der Waals surface area (Å²) in [5.74, 6) is 0.630. The van der Waals surface area contributed by atoms with Crippen LogP contribution in [0.3, 0.4) is 0 Å². The van der Waals surface area contributed by atoms with E-state index in [4.69, 9.17) is 4.74 Å². The number of morpholine rings is 1. The number of carbonyl (C=O) groups is 1. The van der Waals surface area contributed by atoms with Crippen molar-refractivity contribution in [2.24, 2.45) is 0 Å². The lowest BCUT2D eigenvalue weighted by Gasteiger charge is -2.28. The molecule has 6 heteroatoms. The van der Waals surface area contributed by atoms with Gasteiger partial charge in [0.05, 0.1) is 31.1 Å². The van der Waals surface area contributed by atoms with Gasteiger partial charge in [0.25, 0.3) is 0 Å². The molecule has 0 saturated carbocycles. The fourth-order valence-electron chi connectivity index (χ4n) is 2.76. The molecule has 0 radical (unpaired) electrons. The summed E-state index contributed by atoms with van der Waals surface area (Å²) < 4.78 is 5.34. The lowest BCUT2D eigenvalue weighted by Crippen LogP contribution is -2.43. The third-order valence-electron chi connectivity index (χ3n) is 4.00. The first-order chi connectivity index (χ1) is 10.3. The minimum absolute atomic E-state index is 0.0151. The Morgan fingerprint density at radius 2 is 2.19 bits per heavy atom. The van der Waals surface area contributed by atoms with Crippen molar-refractivity contribution in [1.82, 2.24) is 10.3 Å². The summed E-state index contributed by atoms with van der Waals surface area (Å²) in [4.78, 5) is 18.7. The first kappa shape index (κ1) is 14.3. The van der Waals surface area contributed by atoms with Gasteiger partial charge in [0.1, 0.15) is 5.82 Å². The van der Waals surface area contributed by atoms with Crippen LogP contribution in [0.1, 0.15) is 19.3 Å². The number of nitrogens with zero attached hydrogens (tertiary/aromatic N) is 2. The molecule has 3 rings (SSSR count). The molecule has 3 heterocycles. The maximum absolute atomic E-state index is 12.1. The predicted molar refractivity (Wildman–Crippen MR) is 81.5 cm³/mol. The lowest BCUT2D eigenvalue weighted by atomic mass is 10.0. The number of piperidine rings is 1. The van der Waals surface area contributed by atoms with E-state index in [2.05, 4.69) is 20.5 Å². The van der Waals surface area contributed by atoms with E-state index in [0.29, 0.717) is 5.82 Å². The Morgan fingerprint density at radius 1 is 1.33 bits per heavy atom. The fraction of sp³-hybridized carbons (Fsp3) is 0.600. The Bertz CT molecular complexity index is 465. The molecule has 21 heavy (non-hydrogen) atoms. The van der Waals surface area contributed by atoms with E-state index in [9.17, 15) is 4.79 Å². The van der Waals surface area contributed by atoms with Crippen LogP contribution in [0.5, 0.6) is 0 Å². The highest BCUT2D eigenvalue weighted by atomic mass is 16.5. The molecule has 1 aromatic heterocycles. The van der Waals surface area contributed by atoms with E-state index in [1.54, 1.807) is 0 Å². The highest BCUT2D eigenvalue weighted by molar-refractivity contribution is 5.94. The molecule has 1 aromatic rings. The molecule has 0 bridgehead atoms. The summed E-state index contributed by atoms with van der Waals surface area (Å²) in [6.07, 6.45) is 4.97. The van der Waals surface area contributed by atoms with Crippen LogP contribution in [0, 0.1) is 0 Å². The highest BCUT2D eigenvalue weighted by Crippen LogP contribution is 2.17. The summed E-state index contributed by atoms with van der Waals surface area (Å²) in [5, 5.41) is 6.13. The van der Waals surface area contributed by atoms with Crippen molar-refractivity contribution in [2.45, 2.75) is 25.3 Å². The second-order valence-corrected chi connectivity index (χ2v) is 5.49. The first-order valence-corrected chi connectivity index (χ1v) is 7.66. The Labute approximate surface area is 124 Å². The first-order valence-electron chi connectivity index (χ1n) is 7.66. The third kappa shape index (κ3) is 3.71. The molecule has 0 spiro atoms. The molecule has 2 saturated heterocycles. The van der Waals surface area contributed by atoms with Crippen LogP contribution in [-0.4, -0.2) is 49.8 Å². The number of ether oxygens (including phenoxy) is 1. The number of aromatic nitrogens is 1. The number of hydrogen-bond donors (Lipinski definition) is 2. The highest BCUT2D eigenvalue weighted by Gasteiger charge is 2.20. The van der Waals surface area contributed by atoms with Gasteiger partial charge in [-0.3, -0.25) is 4.79 Å². The molecular weight excluding hydrogens is 268 g/mol. The molecule has 2 aliphatic rings. The monoisotopic (exact) mass is 290 g/mol. The summed E-state index contributed by atoms with van der Waals surface area (Å²) in [6, 6.07) is 3.78. The van der Waals surface area contributed by atoms with Gasteiger partial charge < -0.3 is 20.3 Å². The molecule has 2 N–H and O–H groups in total. The number of carbonyl (C=O) groups excluding carboxylic acids is 1. The van der Waals surface area contributed by atoms with Crippen molar-refractivity contribution in [3.63, 3.8) is 0 Å². The van der Waals surface area contributed by atoms with Crippen molar-refractivity contribution >= 4 is 17.4 Å². The molecule has 2 aliphatic heterocycles. The van der Waals surface area contributed by atoms with Crippen molar-refractivity contribution in [3.05, 3.63) is 18.3 Å². The van der Waals surface area contributed by atoms with E-state index in [1.165, 1.54) is 0 Å². The average molecular weight is 290 g/mol. The Kier molecular flexibility index (Phi) is 4.67. The number of pyridine rings is 1. The summed E-state index contributed by atoms with van der Waals surface area (Å²) >= 11 is 0. The van der Waals surface area contributed by atoms with E-state index in [-0.39, 0.29) is 11.9 Å². The Balaban J connectivity index is 1.57. The summed E-state index contributed by atoms with van der Waals surface area (Å²) in [5.41, 5.74) is 1.08. The van der Waals surface area contributed by atoms with Gasteiger partial charge in [-0.25, -0.2) is 4.98 Å². The number of amides is 1. The van der Waals surface area contributed by atoms with E-state index < -0.39 is 0 Å². The minimum atomic E-state index is -0.0838. The van der Waals surface area contributed by atoms with E-state index in [1.807, 2.05) is 18.3 Å². The van der Waals surface area contributed by atoms with Crippen LogP contribution < -0.4 is 15.5 Å². The van der Waals surface area contributed by atoms with E-state index >= 15 is 0 Å². The Hall–Kier alpha value is -1.66. The largest absolute Gasteiger partial charge is 0.378 e. The van der Waals surface area contributed by atoms with Crippen molar-refractivity contribution in [1.29, 1.82) is 0 Å². The molecule has 114 valence electrons. The van der Waals surface area contributed by atoms with Crippen molar-refractivity contribution in [2.75, 3.05) is 43.1 Å². The Morgan fingerprint density at radius 3 is 2.86 bits per heavy atom. The number of hydrogen-bond acceptors (Lipinski definition) is 5. The van der Waals surface area contributed by atoms with Gasteiger partial charge in [0.15, 0.2) is 0 Å². The van der Waals surface area contributed by atoms with Gasteiger partial charge in [-0.05, 0) is 31.5 Å². The maximum atomic E-state index is 12.1.